The number of hydrogen-bond acceptors (Lipinski definition) is 3. The van der Waals surface area contributed by atoms with E-state index >= 15 is 0 Å². The monoisotopic (exact) mass is 225 g/mol. The van der Waals surface area contributed by atoms with Crippen LogP contribution in [-0.2, 0) is 11.3 Å². The standard InChI is InChI=1S/C12H23N3O/c1-5-10(2)15-7-6-12(14-15)9-16-11(3)8-13-4/h6-7,10-11,13H,5,8-9H2,1-4H3. The van der Waals surface area contributed by atoms with Gasteiger partial charge in [0, 0.05) is 18.8 Å². The fourth-order valence-corrected chi connectivity index (χ4v) is 1.46. The van der Waals surface area contributed by atoms with Crippen LogP contribution in [0.3, 0.4) is 0 Å². The van der Waals surface area contributed by atoms with Gasteiger partial charge in [-0.1, -0.05) is 6.92 Å². The Balaban J connectivity index is 2.40. The van der Waals surface area contributed by atoms with Crippen molar-refractivity contribution in [2.75, 3.05) is 13.6 Å². The Labute approximate surface area is 98.0 Å². The molecule has 0 aliphatic rings. The molecule has 1 aromatic heterocycles. The molecule has 0 fully saturated rings. The highest BCUT2D eigenvalue weighted by Gasteiger charge is 2.06. The molecular weight excluding hydrogens is 202 g/mol. The number of hydrogen-bond donors (Lipinski definition) is 1. The van der Waals surface area contributed by atoms with Gasteiger partial charge in [0.2, 0.25) is 0 Å². The largest absolute Gasteiger partial charge is 0.371 e. The van der Waals surface area contributed by atoms with Crippen molar-refractivity contribution in [3.63, 3.8) is 0 Å². The van der Waals surface area contributed by atoms with E-state index in [1.165, 1.54) is 0 Å². The maximum absolute atomic E-state index is 5.66. The number of rotatable bonds is 7. The smallest absolute Gasteiger partial charge is 0.0910 e. The van der Waals surface area contributed by atoms with Crippen molar-refractivity contribution in [1.82, 2.24) is 15.1 Å². The van der Waals surface area contributed by atoms with E-state index in [2.05, 4.69) is 31.2 Å². The molecule has 0 spiro atoms. The molecule has 92 valence electrons. The van der Waals surface area contributed by atoms with Crippen molar-refractivity contribution in [2.45, 2.75) is 45.9 Å². The molecule has 2 unspecified atom stereocenters. The first-order chi connectivity index (χ1) is 7.67. The summed E-state index contributed by atoms with van der Waals surface area (Å²) < 4.78 is 7.66. The van der Waals surface area contributed by atoms with Crippen LogP contribution < -0.4 is 5.32 Å². The topological polar surface area (TPSA) is 39.1 Å². The van der Waals surface area contributed by atoms with Gasteiger partial charge < -0.3 is 10.1 Å². The Morgan fingerprint density at radius 2 is 2.25 bits per heavy atom. The van der Waals surface area contributed by atoms with E-state index in [1.54, 1.807) is 0 Å². The molecule has 0 aliphatic carbocycles. The van der Waals surface area contributed by atoms with Crippen LogP contribution in [0.5, 0.6) is 0 Å². The number of nitrogens with one attached hydrogen (secondary N) is 1. The van der Waals surface area contributed by atoms with Crippen LogP contribution in [0.25, 0.3) is 0 Å². The predicted octanol–water partition coefficient (Wildman–Crippen LogP) is 1.98. The summed E-state index contributed by atoms with van der Waals surface area (Å²) in [4.78, 5) is 0. The van der Waals surface area contributed by atoms with E-state index in [-0.39, 0.29) is 6.10 Å². The molecule has 0 aliphatic heterocycles. The van der Waals surface area contributed by atoms with Crippen molar-refractivity contribution >= 4 is 0 Å². The quantitative estimate of drug-likeness (QED) is 0.771. The predicted molar refractivity (Wildman–Crippen MR) is 65.4 cm³/mol. The number of likely N-dealkylation sites (N-methyl/N-ethyl adjacent to an activating group) is 1. The van der Waals surface area contributed by atoms with Crippen LogP contribution in [0.15, 0.2) is 12.3 Å². The summed E-state index contributed by atoms with van der Waals surface area (Å²) in [6.45, 7) is 7.85. The van der Waals surface area contributed by atoms with E-state index < -0.39 is 0 Å². The fraction of sp³-hybridized carbons (Fsp3) is 0.750. The first kappa shape index (κ1) is 13.2. The molecule has 1 aromatic rings. The van der Waals surface area contributed by atoms with Gasteiger partial charge in [-0.15, -0.1) is 0 Å². The second-order valence-electron chi connectivity index (χ2n) is 4.22. The maximum Gasteiger partial charge on any atom is 0.0910 e. The zero-order chi connectivity index (χ0) is 12.0. The van der Waals surface area contributed by atoms with Crippen molar-refractivity contribution in [1.29, 1.82) is 0 Å². The summed E-state index contributed by atoms with van der Waals surface area (Å²) in [6, 6.07) is 2.49. The minimum absolute atomic E-state index is 0.221. The van der Waals surface area contributed by atoms with Crippen molar-refractivity contribution in [3.8, 4) is 0 Å². The van der Waals surface area contributed by atoms with Crippen LogP contribution in [0.4, 0.5) is 0 Å². The zero-order valence-electron chi connectivity index (χ0n) is 10.7. The van der Waals surface area contributed by atoms with Crippen LogP contribution in [0, 0.1) is 0 Å². The van der Waals surface area contributed by atoms with Gasteiger partial charge >= 0.3 is 0 Å². The summed E-state index contributed by atoms with van der Waals surface area (Å²) >= 11 is 0. The lowest BCUT2D eigenvalue weighted by atomic mass is 10.3. The maximum atomic E-state index is 5.66. The third-order valence-electron chi connectivity index (χ3n) is 2.71. The first-order valence-electron chi connectivity index (χ1n) is 5.97. The van der Waals surface area contributed by atoms with Gasteiger partial charge in [-0.2, -0.15) is 5.10 Å². The van der Waals surface area contributed by atoms with Gasteiger partial charge in [-0.25, -0.2) is 0 Å². The molecule has 0 saturated heterocycles. The summed E-state index contributed by atoms with van der Waals surface area (Å²) in [7, 11) is 1.93. The molecule has 0 bridgehead atoms. The molecular formula is C12H23N3O. The highest BCUT2D eigenvalue weighted by molar-refractivity contribution is 4.98. The Hall–Kier alpha value is -0.870. The minimum Gasteiger partial charge on any atom is -0.371 e. The molecule has 0 amide bonds. The van der Waals surface area contributed by atoms with E-state index in [1.807, 2.05) is 24.0 Å². The van der Waals surface area contributed by atoms with Crippen molar-refractivity contribution in [3.05, 3.63) is 18.0 Å². The van der Waals surface area contributed by atoms with Crippen LogP contribution in [-0.4, -0.2) is 29.5 Å². The molecule has 2 atom stereocenters. The van der Waals surface area contributed by atoms with Crippen LogP contribution in [0.1, 0.15) is 38.9 Å². The zero-order valence-corrected chi connectivity index (χ0v) is 10.7. The lowest BCUT2D eigenvalue weighted by Crippen LogP contribution is -2.23. The molecule has 1 N–H and O–H groups in total. The Bertz CT molecular complexity index is 298. The average Bonchev–Trinajstić information content (AvgIpc) is 2.74. The lowest BCUT2D eigenvalue weighted by Gasteiger charge is -2.11. The molecule has 1 heterocycles. The van der Waals surface area contributed by atoms with Gasteiger partial charge in [0.25, 0.3) is 0 Å². The van der Waals surface area contributed by atoms with Crippen molar-refractivity contribution in [2.24, 2.45) is 0 Å². The Morgan fingerprint density at radius 3 is 2.88 bits per heavy atom. The summed E-state index contributed by atoms with van der Waals surface area (Å²) in [5.74, 6) is 0. The summed E-state index contributed by atoms with van der Waals surface area (Å²) in [5.41, 5.74) is 1.00. The Morgan fingerprint density at radius 1 is 1.50 bits per heavy atom. The molecule has 0 saturated carbocycles. The highest BCUT2D eigenvalue weighted by atomic mass is 16.5. The SMILES string of the molecule is CCC(C)n1ccc(COC(C)CNC)n1. The summed E-state index contributed by atoms with van der Waals surface area (Å²) in [5, 5.41) is 7.57. The van der Waals surface area contributed by atoms with E-state index in [0.717, 1.165) is 18.7 Å². The van der Waals surface area contributed by atoms with E-state index in [9.17, 15) is 0 Å². The van der Waals surface area contributed by atoms with Gasteiger partial charge in [0.1, 0.15) is 0 Å². The normalized spacial score (nSPS) is 15.0. The van der Waals surface area contributed by atoms with Gasteiger partial charge in [-0.05, 0) is 33.4 Å². The van der Waals surface area contributed by atoms with Crippen LogP contribution in [0.2, 0.25) is 0 Å². The molecule has 0 radical (unpaired) electrons. The number of aromatic nitrogens is 2. The highest BCUT2D eigenvalue weighted by Crippen LogP contribution is 2.10. The average molecular weight is 225 g/mol. The number of nitrogens with zero attached hydrogens (tertiary/aromatic N) is 2. The fourth-order valence-electron chi connectivity index (χ4n) is 1.46. The van der Waals surface area contributed by atoms with Gasteiger partial charge in [0.05, 0.1) is 18.4 Å². The van der Waals surface area contributed by atoms with Gasteiger partial charge in [-0.3, -0.25) is 4.68 Å². The Kier molecular flexibility index (Phi) is 5.49. The lowest BCUT2D eigenvalue weighted by molar-refractivity contribution is 0.0521. The summed E-state index contributed by atoms with van der Waals surface area (Å²) in [6.07, 6.45) is 3.34. The third kappa shape index (κ3) is 3.94. The minimum atomic E-state index is 0.221. The third-order valence-corrected chi connectivity index (χ3v) is 2.71. The van der Waals surface area contributed by atoms with Crippen LogP contribution >= 0.6 is 0 Å². The van der Waals surface area contributed by atoms with E-state index in [0.29, 0.717) is 12.6 Å². The van der Waals surface area contributed by atoms with E-state index in [4.69, 9.17) is 4.74 Å². The second-order valence-corrected chi connectivity index (χ2v) is 4.22. The number of ether oxygens (including phenoxy) is 1. The van der Waals surface area contributed by atoms with Crippen molar-refractivity contribution < 1.29 is 4.74 Å². The molecule has 16 heavy (non-hydrogen) atoms. The molecule has 1 rings (SSSR count). The van der Waals surface area contributed by atoms with Gasteiger partial charge in [0.15, 0.2) is 0 Å². The first-order valence-corrected chi connectivity index (χ1v) is 5.97. The molecule has 0 aromatic carbocycles. The molecule has 4 heteroatoms. The second kappa shape index (κ2) is 6.66. The molecule has 4 nitrogen and oxygen atoms in total.